The van der Waals surface area contributed by atoms with Crippen molar-refractivity contribution in [3.05, 3.63) is 47.5 Å². The van der Waals surface area contributed by atoms with Crippen LogP contribution in [0, 0.1) is 12.7 Å². The lowest BCUT2D eigenvalue weighted by Gasteiger charge is -2.09. The van der Waals surface area contributed by atoms with E-state index in [2.05, 4.69) is 20.6 Å². The van der Waals surface area contributed by atoms with Crippen LogP contribution in [0.4, 0.5) is 16.0 Å². The summed E-state index contributed by atoms with van der Waals surface area (Å²) in [5, 5.41) is 5.66. The lowest BCUT2D eigenvalue weighted by atomic mass is 10.3. The van der Waals surface area contributed by atoms with Crippen molar-refractivity contribution in [1.82, 2.24) is 15.3 Å². The standard InChI is InChI=1S/C16H19FN4O2/c1-11-9-14(15(22)18-7-4-8-23-2)21-16(19-11)20-13-6-3-5-12(17)10-13/h3,5-6,9-10H,4,7-8H2,1-2H3,(H,18,22)(H,19,20,21). The first-order valence-electron chi connectivity index (χ1n) is 7.24. The quantitative estimate of drug-likeness (QED) is 0.767. The van der Waals surface area contributed by atoms with Gasteiger partial charge in [-0.15, -0.1) is 0 Å². The van der Waals surface area contributed by atoms with E-state index >= 15 is 0 Å². The number of hydrogen-bond acceptors (Lipinski definition) is 5. The second kappa shape index (κ2) is 8.19. The van der Waals surface area contributed by atoms with Crippen LogP contribution in [0.15, 0.2) is 30.3 Å². The Bertz CT molecular complexity index is 679. The molecule has 0 saturated heterocycles. The molecule has 0 spiro atoms. The summed E-state index contributed by atoms with van der Waals surface area (Å²) >= 11 is 0. The molecule has 0 unspecified atom stereocenters. The average Bonchev–Trinajstić information content (AvgIpc) is 2.51. The van der Waals surface area contributed by atoms with Crippen LogP contribution >= 0.6 is 0 Å². The molecule has 0 atom stereocenters. The van der Waals surface area contributed by atoms with Crippen LogP contribution < -0.4 is 10.6 Å². The van der Waals surface area contributed by atoms with E-state index in [1.165, 1.54) is 12.1 Å². The molecule has 6 nitrogen and oxygen atoms in total. The maximum Gasteiger partial charge on any atom is 0.270 e. The van der Waals surface area contributed by atoms with Gasteiger partial charge in [-0.25, -0.2) is 14.4 Å². The van der Waals surface area contributed by atoms with Gasteiger partial charge in [-0.1, -0.05) is 6.07 Å². The number of anilines is 2. The van der Waals surface area contributed by atoms with E-state index < -0.39 is 0 Å². The lowest BCUT2D eigenvalue weighted by molar-refractivity contribution is 0.0943. The van der Waals surface area contributed by atoms with Crippen LogP contribution in [0.2, 0.25) is 0 Å². The number of aromatic nitrogens is 2. The Hall–Kier alpha value is -2.54. The Kier molecular flexibility index (Phi) is 5.99. The van der Waals surface area contributed by atoms with Gasteiger partial charge in [0, 0.05) is 31.6 Å². The fourth-order valence-electron chi connectivity index (χ4n) is 1.95. The van der Waals surface area contributed by atoms with Gasteiger partial charge in [0.15, 0.2) is 0 Å². The second-order valence-electron chi connectivity index (χ2n) is 4.96. The summed E-state index contributed by atoms with van der Waals surface area (Å²) in [6.45, 7) is 2.85. The summed E-state index contributed by atoms with van der Waals surface area (Å²) < 4.78 is 18.1. The van der Waals surface area contributed by atoms with E-state index in [1.807, 2.05) is 0 Å². The molecule has 1 heterocycles. The van der Waals surface area contributed by atoms with Gasteiger partial charge in [-0.3, -0.25) is 4.79 Å². The number of halogens is 1. The molecule has 0 radical (unpaired) electrons. The number of benzene rings is 1. The minimum atomic E-state index is -0.362. The van der Waals surface area contributed by atoms with E-state index in [4.69, 9.17) is 4.74 Å². The van der Waals surface area contributed by atoms with E-state index in [1.54, 1.807) is 32.2 Å². The van der Waals surface area contributed by atoms with Gasteiger partial charge in [-0.2, -0.15) is 0 Å². The van der Waals surface area contributed by atoms with Gasteiger partial charge in [0.05, 0.1) is 0 Å². The molecule has 2 N–H and O–H groups in total. The van der Waals surface area contributed by atoms with Crippen molar-refractivity contribution in [2.75, 3.05) is 25.6 Å². The first-order valence-corrected chi connectivity index (χ1v) is 7.24. The predicted molar refractivity (Wildman–Crippen MR) is 85.3 cm³/mol. The number of nitrogens with one attached hydrogen (secondary N) is 2. The number of hydrogen-bond donors (Lipinski definition) is 2. The number of nitrogens with zero attached hydrogens (tertiary/aromatic N) is 2. The largest absolute Gasteiger partial charge is 0.385 e. The first kappa shape index (κ1) is 16.8. The molecule has 0 aliphatic rings. The molecule has 122 valence electrons. The maximum absolute atomic E-state index is 13.2. The Labute approximate surface area is 134 Å². The molecule has 23 heavy (non-hydrogen) atoms. The Morgan fingerprint density at radius 1 is 1.30 bits per heavy atom. The van der Waals surface area contributed by atoms with E-state index in [9.17, 15) is 9.18 Å². The van der Waals surface area contributed by atoms with Crippen LogP contribution in [0.1, 0.15) is 22.6 Å². The van der Waals surface area contributed by atoms with Crippen molar-refractivity contribution >= 4 is 17.5 Å². The molecular formula is C16H19FN4O2. The molecule has 0 aliphatic carbocycles. The van der Waals surface area contributed by atoms with Crippen LogP contribution in [-0.4, -0.2) is 36.1 Å². The van der Waals surface area contributed by atoms with Gasteiger partial charge in [0.1, 0.15) is 11.5 Å². The van der Waals surface area contributed by atoms with Crippen molar-refractivity contribution in [1.29, 1.82) is 0 Å². The molecule has 0 saturated carbocycles. The van der Waals surface area contributed by atoms with Gasteiger partial charge in [-0.05, 0) is 37.6 Å². The third-order valence-corrected chi connectivity index (χ3v) is 2.98. The van der Waals surface area contributed by atoms with Crippen LogP contribution in [0.5, 0.6) is 0 Å². The van der Waals surface area contributed by atoms with Crippen molar-refractivity contribution in [3.8, 4) is 0 Å². The fraction of sp³-hybridized carbons (Fsp3) is 0.312. The molecule has 2 aromatic rings. The van der Waals surface area contributed by atoms with Gasteiger partial charge in [0.25, 0.3) is 5.91 Å². The molecule has 1 aromatic heterocycles. The Balaban J connectivity index is 2.07. The summed E-state index contributed by atoms with van der Waals surface area (Å²) in [4.78, 5) is 20.5. The zero-order chi connectivity index (χ0) is 16.7. The molecule has 7 heteroatoms. The molecule has 0 fully saturated rings. The third kappa shape index (κ3) is 5.30. The normalized spacial score (nSPS) is 10.4. The van der Waals surface area contributed by atoms with E-state index in [-0.39, 0.29) is 23.4 Å². The molecular weight excluding hydrogens is 299 g/mol. The van der Waals surface area contributed by atoms with Crippen LogP contribution in [0.3, 0.4) is 0 Å². The topological polar surface area (TPSA) is 76.1 Å². The monoisotopic (exact) mass is 318 g/mol. The SMILES string of the molecule is COCCCNC(=O)c1cc(C)nc(Nc2cccc(F)c2)n1. The Morgan fingerprint density at radius 2 is 2.13 bits per heavy atom. The molecule has 1 aromatic carbocycles. The van der Waals surface area contributed by atoms with Crippen molar-refractivity contribution < 1.29 is 13.9 Å². The summed E-state index contributed by atoms with van der Waals surface area (Å²) in [6, 6.07) is 7.55. The second-order valence-corrected chi connectivity index (χ2v) is 4.96. The molecule has 0 bridgehead atoms. The van der Waals surface area contributed by atoms with Crippen molar-refractivity contribution in [2.24, 2.45) is 0 Å². The number of carbonyl (C=O) groups is 1. The van der Waals surface area contributed by atoms with Crippen molar-refractivity contribution in [3.63, 3.8) is 0 Å². The zero-order valence-electron chi connectivity index (χ0n) is 13.1. The third-order valence-electron chi connectivity index (χ3n) is 2.98. The molecule has 1 amide bonds. The molecule has 0 aliphatic heterocycles. The summed E-state index contributed by atoms with van der Waals surface area (Å²) in [6.07, 6.45) is 0.723. The highest BCUT2D eigenvalue weighted by molar-refractivity contribution is 5.92. The number of carbonyl (C=O) groups excluding carboxylic acids is 1. The summed E-state index contributed by atoms with van der Waals surface area (Å²) in [5.41, 5.74) is 1.41. The highest BCUT2D eigenvalue weighted by atomic mass is 19.1. The van der Waals surface area contributed by atoms with Gasteiger partial charge in [0.2, 0.25) is 5.95 Å². The highest BCUT2D eigenvalue weighted by Crippen LogP contribution is 2.15. The number of methoxy groups -OCH3 is 1. The van der Waals surface area contributed by atoms with E-state index in [0.29, 0.717) is 24.5 Å². The predicted octanol–water partition coefficient (Wildman–Crippen LogP) is 2.43. The van der Waals surface area contributed by atoms with Gasteiger partial charge < -0.3 is 15.4 Å². The summed E-state index contributed by atoms with van der Waals surface area (Å²) in [7, 11) is 1.61. The number of rotatable bonds is 7. The average molecular weight is 318 g/mol. The number of aryl methyl sites for hydroxylation is 1. The Morgan fingerprint density at radius 3 is 2.87 bits per heavy atom. The minimum Gasteiger partial charge on any atom is -0.385 e. The number of ether oxygens (including phenoxy) is 1. The molecule has 2 rings (SSSR count). The fourth-order valence-corrected chi connectivity index (χ4v) is 1.95. The zero-order valence-corrected chi connectivity index (χ0v) is 13.1. The highest BCUT2D eigenvalue weighted by Gasteiger charge is 2.10. The number of amides is 1. The van der Waals surface area contributed by atoms with Crippen LogP contribution in [-0.2, 0) is 4.74 Å². The van der Waals surface area contributed by atoms with Crippen LogP contribution in [0.25, 0.3) is 0 Å². The lowest BCUT2D eigenvalue weighted by Crippen LogP contribution is -2.26. The summed E-state index contributed by atoms with van der Waals surface area (Å²) in [5.74, 6) is -0.398. The van der Waals surface area contributed by atoms with E-state index in [0.717, 1.165) is 6.42 Å². The smallest absolute Gasteiger partial charge is 0.270 e. The van der Waals surface area contributed by atoms with Gasteiger partial charge >= 0.3 is 0 Å². The minimum absolute atomic E-state index is 0.248. The first-order chi connectivity index (χ1) is 11.1. The van der Waals surface area contributed by atoms with Crippen molar-refractivity contribution in [2.45, 2.75) is 13.3 Å². The maximum atomic E-state index is 13.2.